The fourth-order valence-corrected chi connectivity index (χ4v) is 1.34. The van der Waals surface area contributed by atoms with Crippen LogP contribution in [0.1, 0.15) is 5.56 Å². The Kier molecular flexibility index (Phi) is 1.74. The Labute approximate surface area is 71.9 Å². The summed E-state index contributed by atoms with van der Waals surface area (Å²) in [6.45, 7) is 0. The Morgan fingerprint density at radius 2 is 2.17 bits per heavy atom. The standard InChI is InChI=1S/C10H11NO/c1-12-10-7-6-8-4-2-3-5-9(8)11-10/h2-5,7,11H,6H2,1H3. The van der Waals surface area contributed by atoms with Gasteiger partial charge in [-0.15, -0.1) is 0 Å². The van der Waals surface area contributed by atoms with Gasteiger partial charge in [0.2, 0.25) is 0 Å². The summed E-state index contributed by atoms with van der Waals surface area (Å²) in [6.07, 6.45) is 2.99. The molecule has 2 rings (SSSR count). The minimum Gasteiger partial charge on any atom is -0.482 e. The Morgan fingerprint density at radius 3 is 3.00 bits per heavy atom. The average Bonchev–Trinajstić information content (AvgIpc) is 2.17. The zero-order valence-corrected chi connectivity index (χ0v) is 7.00. The number of hydrogen-bond donors (Lipinski definition) is 1. The predicted molar refractivity (Wildman–Crippen MR) is 48.9 cm³/mol. The van der Waals surface area contributed by atoms with Gasteiger partial charge in [0.25, 0.3) is 0 Å². The number of rotatable bonds is 1. The number of benzene rings is 1. The summed E-state index contributed by atoms with van der Waals surface area (Å²) in [5.74, 6) is 0.841. The zero-order valence-electron chi connectivity index (χ0n) is 7.00. The third-order valence-corrected chi connectivity index (χ3v) is 2.00. The Morgan fingerprint density at radius 1 is 1.33 bits per heavy atom. The van der Waals surface area contributed by atoms with Crippen LogP contribution in [0, 0.1) is 0 Å². The van der Waals surface area contributed by atoms with E-state index in [0.717, 1.165) is 18.0 Å². The molecule has 1 N–H and O–H groups in total. The van der Waals surface area contributed by atoms with Crippen LogP contribution in [0.15, 0.2) is 36.2 Å². The lowest BCUT2D eigenvalue weighted by molar-refractivity contribution is 0.295. The van der Waals surface area contributed by atoms with Crippen LogP contribution in [0.5, 0.6) is 0 Å². The van der Waals surface area contributed by atoms with Crippen molar-refractivity contribution < 1.29 is 4.74 Å². The zero-order chi connectivity index (χ0) is 8.39. The van der Waals surface area contributed by atoms with Gasteiger partial charge < -0.3 is 10.1 Å². The largest absolute Gasteiger partial charge is 0.482 e. The summed E-state index contributed by atoms with van der Waals surface area (Å²) in [4.78, 5) is 0. The lowest BCUT2D eigenvalue weighted by Gasteiger charge is -2.17. The molecule has 0 aliphatic carbocycles. The summed E-state index contributed by atoms with van der Waals surface area (Å²) in [5.41, 5.74) is 2.47. The molecule has 0 unspecified atom stereocenters. The van der Waals surface area contributed by atoms with Crippen molar-refractivity contribution >= 4 is 5.69 Å². The summed E-state index contributed by atoms with van der Waals surface area (Å²) in [5, 5.41) is 3.19. The first-order chi connectivity index (χ1) is 5.90. The van der Waals surface area contributed by atoms with E-state index >= 15 is 0 Å². The SMILES string of the molecule is COC1=CCc2ccccc2N1. The van der Waals surface area contributed by atoms with Crippen LogP contribution in [-0.4, -0.2) is 7.11 Å². The molecule has 0 atom stereocenters. The van der Waals surface area contributed by atoms with Crippen LogP contribution in [0.25, 0.3) is 0 Å². The molecule has 1 aliphatic rings. The fourth-order valence-electron chi connectivity index (χ4n) is 1.34. The molecule has 0 saturated heterocycles. The van der Waals surface area contributed by atoms with Crippen LogP contribution in [0.4, 0.5) is 5.69 Å². The first kappa shape index (κ1) is 7.22. The number of anilines is 1. The molecule has 0 fully saturated rings. The summed E-state index contributed by atoms with van der Waals surface area (Å²) >= 11 is 0. The Balaban J connectivity index is 2.31. The van der Waals surface area contributed by atoms with E-state index < -0.39 is 0 Å². The third-order valence-electron chi connectivity index (χ3n) is 2.00. The second-order valence-electron chi connectivity index (χ2n) is 2.76. The monoisotopic (exact) mass is 161 g/mol. The Bertz CT molecular complexity index is 317. The van der Waals surface area contributed by atoms with E-state index in [1.165, 1.54) is 5.56 Å². The molecule has 0 aromatic heterocycles. The van der Waals surface area contributed by atoms with Gasteiger partial charge in [0, 0.05) is 5.69 Å². The van der Waals surface area contributed by atoms with Crippen LogP contribution in [0.2, 0.25) is 0 Å². The number of nitrogens with one attached hydrogen (secondary N) is 1. The quantitative estimate of drug-likeness (QED) is 0.681. The van der Waals surface area contributed by atoms with Gasteiger partial charge in [-0.1, -0.05) is 18.2 Å². The lowest BCUT2D eigenvalue weighted by Crippen LogP contribution is -2.08. The van der Waals surface area contributed by atoms with Gasteiger partial charge in [0.05, 0.1) is 7.11 Å². The third kappa shape index (κ3) is 1.16. The first-order valence-corrected chi connectivity index (χ1v) is 3.99. The van der Waals surface area contributed by atoms with Gasteiger partial charge in [-0.05, 0) is 24.1 Å². The van der Waals surface area contributed by atoms with E-state index in [2.05, 4.69) is 17.4 Å². The fraction of sp³-hybridized carbons (Fsp3) is 0.200. The average molecular weight is 161 g/mol. The Hall–Kier alpha value is -1.44. The highest BCUT2D eigenvalue weighted by molar-refractivity contribution is 5.57. The minimum absolute atomic E-state index is 0.841. The minimum atomic E-state index is 0.841. The molecule has 0 bridgehead atoms. The van der Waals surface area contributed by atoms with E-state index in [9.17, 15) is 0 Å². The smallest absolute Gasteiger partial charge is 0.187 e. The molecule has 1 aromatic carbocycles. The maximum Gasteiger partial charge on any atom is 0.187 e. The summed E-state index contributed by atoms with van der Waals surface area (Å²) < 4.78 is 5.10. The molecule has 0 amide bonds. The van der Waals surface area contributed by atoms with Gasteiger partial charge in [-0.3, -0.25) is 0 Å². The highest BCUT2D eigenvalue weighted by Gasteiger charge is 2.07. The summed E-state index contributed by atoms with van der Waals surface area (Å²) in [7, 11) is 1.67. The van der Waals surface area contributed by atoms with E-state index in [-0.39, 0.29) is 0 Å². The maximum atomic E-state index is 5.10. The molecule has 0 radical (unpaired) electrons. The molecule has 2 nitrogen and oxygen atoms in total. The van der Waals surface area contributed by atoms with Crippen LogP contribution in [0.3, 0.4) is 0 Å². The normalized spacial score (nSPS) is 14.2. The van der Waals surface area contributed by atoms with Gasteiger partial charge in [-0.2, -0.15) is 0 Å². The number of fused-ring (bicyclic) bond motifs is 1. The molecule has 1 heterocycles. The molecule has 0 saturated carbocycles. The first-order valence-electron chi connectivity index (χ1n) is 3.99. The number of methoxy groups -OCH3 is 1. The molecule has 1 aromatic rings. The van der Waals surface area contributed by atoms with Gasteiger partial charge in [-0.25, -0.2) is 0 Å². The van der Waals surface area contributed by atoms with Crippen molar-refractivity contribution in [1.29, 1.82) is 0 Å². The van der Waals surface area contributed by atoms with Crippen LogP contribution in [-0.2, 0) is 11.2 Å². The molecule has 2 heteroatoms. The van der Waals surface area contributed by atoms with Crippen molar-refractivity contribution in [3.8, 4) is 0 Å². The second kappa shape index (κ2) is 2.89. The number of hydrogen-bond acceptors (Lipinski definition) is 2. The maximum absolute atomic E-state index is 5.10. The number of para-hydroxylation sites is 1. The van der Waals surface area contributed by atoms with Gasteiger partial charge >= 0.3 is 0 Å². The number of allylic oxidation sites excluding steroid dienone is 1. The van der Waals surface area contributed by atoms with Crippen molar-refractivity contribution in [2.45, 2.75) is 6.42 Å². The van der Waals surface area contributed by atoms with E-state index in [0.29, 0.717) is 0 Å². The number of ether oxygens (including phenoxy) is 1. The van der Waals surface area contributed by atoms with E-state index in [4.69, 9.17) is 4.74 Å². The molecule has 1 aliphatic heterocycles. The van der Waals surface area contributed by atoms with Crippen molar-refractivity contribution in [2.24, 2.45) is 0 Å². The van der Waals surface area contributed by atoms with Crippen molar-refractivity contribution in [2.75, 3.05) is 12.4 Å². The van der Waals surface area contributed by atoms with E-state index in [1.807, 2.05) is 18.2 Å². The molecular formula is C10H11NO. The van der Waals surface area contributed by atoms with Gasteiger partial charge in [0.1, 0.15) is 0 Å². The highest BCUT2D eigenvalue weighted by atomic mass is 16.5. The van der Waals surface area contributed by atoms with Crippen LogP contribution >= 0.6 is 0 Å². The van der Waals surface area contributed by atoms with Crippen LogP contribution < -0.4 is 5.32 Å². The molecule has 12 heavy (non-hydrogen) atoms. The van der Waals surface area contributed by atoms with Crippen molar-refractivity contribution in [3.63, 3.8) is 0 Å². The molecular weight excluding hydrogens is 150 g/mol. The second-order valence-corrected chi connectivity index (χ2v) is 2.76. The predicted octanol–water partition coefficient (Wildman–Crippen LogP) is 2.14. The topological polar surface area (TPSA) is 21.3 Å². The van der Waals surface area contributed by atoms with Gasteiger partial charge in [0.15, 0.2) is 5.88 Å². The van der Waals surface area contributed by atoms with Crippen molar-refractivity contribution in [1.82, 2.24) is 0 Å². The molecule has 62 valence electrons. The van der Waals surface area contributed by atoms with E-state index in [1.54, 1.807) is 7.11 Å². The molecule has 0 spiro atoms. The summed E-state index contributed by atoms with van der Waals surface area (Å²) in [6, 6.07) is 8.24. The van der Waals surface area contributed by atoms with Crippen molar-refractivity contribution in [3.05, 3.63) is 41.8 Å². The lowest BCUT2D eigenvalue weighted by atomic mass is 10.1. The highest BCUT2D eigenvalue weighted by Crippen LogP contribution is 2.22.